The Morgan fingerprint density at radius 2 is 1.93 bits per heavy atom. The highest BCUT2D eigenvalue weighted by Gasteiger charge is 2.38. The van der Waals surface area contributed by atoms with Crippen LogP contribution in [0, 0.1) is 12.7 Å². The van der Waals surface area contributed by atoms with Gasteiger partial charge in [0.05, 0.1) is 11.4 Å². The minimum atomic E-state index is -4.56. The first kappa shape index (κ1) is 10.9. The molecule has 1 aromatic heterocycles. The second-order valence-electron chi connectivity index (χ2n) is 2.82. The van der Waals surface area contributed by atoms with Crippen LogP contribution in [0.1, 0.15) is 17.4 Å². The average molecular weight is 208 g/mol. The highest BCUT2D eigenvalue weighted by molar-refractivity contribution is 5.16. The van der Waals surface area contributed by atoms with Crippen molar-refractivity contribution in [3.8, 4) is 0 Å². The molecule has 1 atom stereocenters. The molecule has 1 aromatic rings. The SMILES string of the molecule is Cc1nc(C(N)C(F)(F)F)ccc1F. The molecule has 0 fully saturated rings. The molecule has 0 saturated heterocycles. The lowest BCUT2D eigenvalue weighted by Gasteiger charge is -2.15. The van der Waals surface area contributed by atoms with Crippen molar-refractivity contribution in [2.75, 3.05) is 0 Å². The van der Waals surface area contributed by atoms with Crippen molar-refractivity contribution in [1.29, 1.82) is 0 Å². The Kier molecular flexibility index (Phi) is 2.75. The first-order valence-corrected chi connectivity index (χ1v) is 3.77. The minimum absolute atomic E-state index is 0.0952. The highest BCUT2D eigenvalue weighted by atomic mass is 19.4. The summed E-state index contributed by atoms with van der Waals surface area (Å²) in [6.07, 6.45) is -4.56. The van der Waals surface area contributed by atoms with Gasteiger partial charge in [-0.3, -0.25) is 4.98 Å². The van der Waals surface area contributed by atoms with Gasteiger partial charge in [-0.25, -0.2) is 4.39 Å². The predicted molar refractivity (Wildman–Crippen MR) is 41.9 cm³/mol. The summed E-state index contributed by atoms with van der Waals surface area (Å²) in [7, 11) is 0. The van der Waals surface area contributed by atoms with Gasteiger partial charge in [0.2, 0.25) is 0 Å². The molecule has 1 rings (SSSR count). The number of rotatable bonds is 1. The molecule has 6 heteroatoms. The van der Waals surface area contributed by atoms with E-state index in [9.17, 15) is 17.6 Å². The van der Waals surface area contributed by atoms with Gasteiger partial charge in [0.15, 0.2) is 0 Å². The van der Waals surface area contributed by atoms with Crippen LogP contribution >= 0.6 is 0 Å². The molecule has 2 nitrogen and oxygen atoms in total. The molecule has 1 unspecified atom stereocenters. The van der Waals surface area contributed by atoms with Crippen molar-refractivity contribution in [3.63, 3.8) is 0 Å². The molecule has 0 saturated carbocycles. The van der Waals surface area contributed by atoms with Crippen molar-refractivity contribution < 1.29 is 17.6 Å². The first-order valence-electron chi connectivity index (χ1n) is 3.77. The van der Waals surface area contributed by atoms with E-state index in [0.717, 1.165) is 12.1 Å². The van der Waals surface area contributed by atoms with Crippen molar-refractivity contribution in [1.82, 2.24) is 4.98 Å². The highest BCUT2D eigenvalue weighted by Crippen LogP contribution is 2.29. The van der Waals surface area contributed by atoms with E-state index in [-0.39, 0.29) is 11.4 Å². The van der Waals surface area contributed by atoms with E-state index in [0.29, 0.717) is 0 Å². The number of hydrogen-bond donors (Lipinski definition) is 1. The van der Waals surface area contributed by atoms with E-state index in [1.54, 1.807) is 0 Å². The molecule has 0 aliphatic carbocycles. The number of pyridine rings is 1. The monoisotopic (exact) mass is 208 g/mol. The zero-order chi connectivity index (χ0) is 10.9. The summed E-state index contributed by atoms with van der Waals surface area (Å²) in [6.45, 7) is 1.28. The van der Waals surface area contributed by atoms with Gasteiger partial charge in [0.1, 0.15) is 11.9 Å². The molecular formula is C8H8F4N2. The summed E-state index contributed by atoms with van der Waals surface area (Å²) >= 11 is 0. The third kappa shape index (κ3) is 2.20. The van der Waals surface area contributed by atoms with Crippen LogP contribution in [0.3, 0.4) is 0 Å². The maximum Gasteiger partial charge on any atom is 0.409 e. The van der Waals surface area contributed by atoms with Gasteiger partial charge >= 0.3 is 6.18 Å². The Morgan fingerprint density at radius 3 is 2.36 bits per heavy atom. The van der Waals surface area contributed by atoms with Crippen LogP contribution < -0.4 is 5.73 Å². The summed E-state index contributed by atoms with van der Waals surface area (Å²) < 4.78 is 49.0. The van der Waals surface area contributed by atoms with E-state index in [1.165, 1.54) is 6.92 Å². The van der Waals surface area contributed by atoms with Crippen LogP contribution in [0.25, 0.3) is 0 Å². The Morgan fingerprint density at radius 1 is 1.36 bits per heavy atom. The van der Waals surface area contributed by atoms with Gasteiger partial charge in [-0.15, -0.1) is 0 Å². The number of halogens is 4. The Balaban J connectivity index is 3.03. The third-order valence-electron chi connectivity index (χ3n) is 1.71. The fraction of sp³-hybridized carbons (Fsp3) is 0.375. The topological polar surface area (TPSA) is 38.9 Å². The molecule has 0 radical (unpaired) electrons. The van der Waals surface area contributed by atoms with Crippen LogP contribution in [0.4, 0.5) is 17.6 Å². The zero-order valence-electron chi connectivity index (χ0n) is 7.27. The lowest BCUT2D eigenvalue weighted by Crippen LogP contribution is -2.29. The fourth-order valence-corrected chi connectivity index (χ4v) is 0.904. The van der Waals surface area contributed by atoms with Crippen molar-refractivity contribution in [3.05, 3.63) is 29.3 Å². The first-order chi connectivity index (χ1) is 6.32. The zero-order valence-corrected chi connectivity index (χ0v) is 7.27. The van der Waals surface area contributed by atoms with Gasteiger partial charge in [-0.05, 0) is 19.1 Å². The number of nitrogens with zero attached hydrogens (tertiary/aromatic N) is 1. The molecule has 14 heavy (non-hydrogen) atoms. The van der Waals surface area contributed by atoms with Crippen LogP contribution in [-0.2, 0) is 0 Å². The number of aryl methyl sites for hydroxylation is 1. The number of nitrogens with two attached hydrogens (primary N) is 1. The van der Waals surface area contributed by atoms with Crippen LogP contribution in [0.15, 0.2) is 12.1 Å². The van der Waals surface area contributed by atoms with Gasteiger partial charge in [-0.1, -0.05) is 0 Å². The van der Waals surface area contributed by atoms with E-state index >= 15 is 0 Å². The second-order valence-corrected chi connectivity index (χ2v) is 2.82. The van der Waals surface area contributed by atoms with Crippen molar-refractivity contribution in [2.24, 2.45) is 5.73 Å². The molecule has 0 aliphatic heterocycles. The summed E-state index contributed by atoms with van der Waals surface area (Å²) in [4.78, 5) is 3.42. The third-order valence-corrected chi connectivity index (χ3v) is 1.71. The molecule has 0 bridgehead atoms. The molecule has 0 spiro atoms. The predicted octanol–water partition coefficient (Wildman–Crippen LogP) is 2.09. The lowest BCUT2D eigenvalue weighted by molar-refractivity contribution is -0.150. The summed E-state index contributed by atoms with van der Waals surface area (Å²) in [5.41, 5.74) is 4.41. The van der Waals surface area contributed by atoms with Gasteiger partial charge in [0, 0.05) is 0 Å². The molecular weight excluding hydrogens is 200 g/mol. The van der Waals surface area contributed by atoms with E-state index < -0.39 is 18.0 Å². The number of alkyl halides is 3. The Hall–Kier alpha value is -1.17. The van der Waals surface area contributed by atoms with E-state index in [2.05, 4.69) is 4.98 Å². The summed E-state index contributed by atoms with van der Waals surface area (Å²) in [6, 6.07) is -0.314. The molecule has 0 amide bonds. The molecule has 78 valence electrons. The average Bonchev–Trinajstić information content (AvgIpc) is 2.07. The standard InChI is InChI=1S/C8H8F4N2/c1-4-5(9)2-3-6(14-4)7(13)8(10,11)12/h2-3,7H,13H2,1H3. The second kappa shape index (κ2) is 3.53. The minimum Gasteiger partial charge on any atom is -0.315 e. The molecule has 2 N–H and O–H groups in total. The van der Waals surface area contributed by atoms with Crippen molar-refractivity contribution >= 4 is 0 Å². The van der Waals surface area contributed by atoms with E-state index in [4.69, 9.17) is 5.73 Å². The van der Waals surface area contributed by atoms with Crippen molar-refractivity contribution in [2.45, 2.75) is 19.1 Å². The molecule has 0 aliphatic rings. The smallest absolute Gasteiger partial charge is 0.315 e. The molecule has 0 aromatic carbocycles. The fourth-order valence-electron chi connectivity index (χ4n) is 0.904. The van der Waals surface area contributed by atoms with Crippen LogP contribution in [0.5, 0.6) is 0 Å². The maximum absolute atomic E-state index is 12.7. The van der Waals surface area contributed by atoms with Gasteiger partial charge < -0.3 is 5.73 Å². The van der Waals surface area contributed by atoms with E-state index in [1.807, 2.05) is 0 Å². The largest absolute Gasteiger partial charge is 0.409 e. The van der Waals surface area contributed by atoms with Crippen LogP contribution in [0.2, 0.25) is 0 Å². The normalized spacial score (nSPS) is 14.1. The number of aromatic nitrogens is 1. The Labute approximate surface area is 77.7 Å². The molecule has 1 heterocycles. The number of hydrogen-bond acceptors (Lipinski definition) is 2. The lowest BCUT2D eigenvalue weighted by atomic mass is 10.2. The quantitative estimate of drug-likeness (QED) is 0.717. The van der Waals surface area contributed by atoms with Gasteiger partial charge in [-0.2, -0.15) is 13.2 Å². The summed E-state index contributed by atoms with van der Waals surface area (Å²) in [5, 5.41) is 0. The van der Waals surface area contributed by atoms with Crippen LogP contribution in [-0.4, -0.2) is 11.2 Å². The van der Waals surface area contributed by atoms with Gasteiger partial charge in [0.25, 0.3) is 0 Å². The maximum atomic E-state index is 12.7. The summed E-state index contributed by atoms with van der Waals surface area (Å²) in [5.74, 6) is -0.650. The Bertz CT molecular complexity index is 335.